The number of piperidine rings is 1. The second kappa shape index (κ2) is 5.30. The molecule has 0 atom stereocenters. The zero-order valence-corrected chi connectivity index (χ0v) is 12.6. The number of anilines is 1. The van der Waals surface area contributed by atoms with Crippen LogP contribution in [0.25, 0.3) is 5.65 Å². The first-order valence-electron chi connectivity index (χ1n) is 8.09. The van der Waals surface area contributed by atoms with Crippen LogP contribution in [0.3, 0.4) is 0 Å². The SMILES string of the molecule is Cc1cc(N(CC2CCNCC2)C2CC2)n2ncnc2c1. The zero-order valence-electron chi connectivity index (χ0n) is 12.6. The number of fused-ring (bicyclic) bond motifs is 1. The first-order chi connectivity index (χ1) is 10.3. The molecule has 0 unspecified atom stereocenters. The number of pyridine rings is 1. The number of hydrogen-bond donors (Lipinski definition) is 1. The van der Waals surface area contributed by atoms with Gasteiger partial charge in [0.1, 0.15) is 12.1 Å². The van der Waals surface area contributed by atoms with Crippen LogP contribution in [0.4, 0.5) is 5.82 Å². The predicted octanol–water partition coefficient (Wildman–Crippen LogP) is 2.01. The lowest BCUT2D eigenvalue weighted by Gasteiger charge is -2.32. The summed E-state index contributed by atoms with van der Waals surface area (Å²) in [5.74, 6) is 2.02. The second-order valence-electron chi connectivity index (χ2n) is 6.50. The summed E-state index contributed by atoms with van der Waals surface area (Å²) >= 11 is 0. The van der Waals surface area contributed by atoms with Gasteiger partial charge in [0, 0.05) is 12.6 Å². The molecule has 0 amide bonds. The third-order valence-electron chi connectivity index (χ3n) is 4.70. The molecule has 1 saturated carbocycles. The van der Waals surface area contributed by atoms with Gasteiger partial charge in [0.15, 0.2) is 5.65 Å². The summed E-state index contributed by atoms with van der Waals surface area (Å²) in [4.78, 5) is 6.95. The number of hydrogen-bond acceptors (Lipinski definition) is 4. The Labute approximate surface area is 125 Å². The van der Waals surface area contributed by atoms with Crippen LogP contribution < -0.4 is 10.2 Å². The van der Waals surface area contributed by atoms with Gasteiger partial charge in [0.05, 0.1) is 0 Å². The van der Waals surface area contributed by atoms with Crippen molar-refractivity contribution in [3.05, 3.63) is 24.0 Å². The standard InChI is InChI=1S/C16H23N5/c1-12-8-15-18-11-19-21(15)16(9-12)20(14-2-3-14)10-13-4-6-17-7-5-13/h8-9,11,13-14,17H,2-7,10H2,1H3. The number of aryl methyl sites for hydroxylation is 1. The highest BCUT2D eigenvalue weighted by atomic mass is 15.4. The van der Waals surface area contributed by atoms with Crippen LogP contribution in [0, 0.1) is 12.8 Å². The smallest absolute Gasteiger partial charge is 0.157 e. The molecule has 1 aliphatic heterocycles. The first kappa shape index (κ1) is 13.1. The van der Waals surface area contributed by atoms with E-state index in [1.807, 2.05) is 4.52 Å². The maximum atomic E-state index is 4.44. The maximum Gasteiger partial charge on any atom is 0.157 e. The molecule has 1 saturated heterocycles. The highest BCUT2D eigenvalue weighted by molar-refractivity contribution is 5.54. The normalized spacial score (nSPS) is 20.0. The molecule has 2 fully saturated rings. The summed E-state index contributed by atoms with van der Waals surface area (Å²) in [7, 11) is 0. The van der Waals surface area contributed by atoms with Crippen LogP contribution in [0.5, 0.6) is 0 Å². The molecule has 5 heteroatoms. The van der Waals surface area contributed by atoms with Crippen molar-refractivity contribution < 1.29 is 0 Å². The Balaban J connectivity index is 1.67. The van der Waals surface area contributed by atoms with E-state index in [1.165, 1.54) is 37.1 Å². The minimum Gasteiger partial charge on any atom is -0.353 e. The van der Waals surface area contributed by atoms with Gasteiger partial charge in [0.25, 0.3) is 0 Å². The highest BCUT2D eigenvalue weighted by Gasteiger charge is 2.32. The molecule has 0 spiro atoms. The van der Waals surface area contributed by atoms with Gasteiger partial charge in [-0.3, -0.25) is 0 Å². The molecule has 2 aromatic rings. The van der Waals surface area contributed by atoms with E-state index in [9.17, 15) is 0 Å². The molecular formula is C16H23N5. The summed E-state index contributed by atoms with van der Waals surface area (Å²) in [5.41, 5.74) is 2.22. The predicted molar refractivity (Wildman–Crippen MR) is 83.7 cm³/mol. The fraction of sp³-hybridized carbons (Fsp3) is 0.625. The van der Waals surface area contributed by atoms with Gasteiger partial charge in [-0.15, -0.1) is 0 Å². The zero-order chi connectivity index (χ0) is 14.2. The Bertz CT molecular complexity index is 625. The first-order valence-corrected chi connectivity index (χ1v) is 8.09. The van der Waals surface area contributed by atoms with Gasteiger partial charge in [-0.25, -0.2) is 4.98 Å². The largest absolute Gasteiger partial charge is 0.353 e. The van der Waals surface area contributed by atoms with Gasteiger partial charge in [-0.2, -0.15) is 9.61 Å². The summed E-state index contributed by atoms with van der Waals surface area (Å²) in [5, 5.41) is 7.90. The van der Waals surface area contributed by atoms with Gasteiger partial charge in [-0.05, 0) is 69.3 Å². The van der Waals surface area contributed by atoms with E-state index in [0.29, 0.717) is 6.04 Å². The van der Waals surface area contributed by atoms with Gasteiger partial charge < -0.3 is 10.2 Å². The third-order valence-corrected chi connectivity index (χ3v) is 4.70. The van der Waals surface area contributed by atoms with Crippen molar-refractivity contribution in [2.24, 2.45) is 5.92 Å². The summed E-state index contributed by atoms with van der Waals surface area (Å²) < 4.78 is 2.01. The van der Waals surface area contributed by atoms with E-state index < -0.39 is 0 Å². The van der Waals surface area contributed by atoms with Gasteiger partial charge in [0.2, 0.25) is 0 Å². The van der Waals surface area contributed by atoms with Crippen molar-refractivity contribution in [3.8, 4) is 0 Å². The van der Waals surface area contributed by atoms with Crippen molar-refractivity contribution >= 4 is 11.5 Å². The van der Waals surface area contributed by atoms with Crippen LogP contribution in [0.2, 0.25) is 0 Å². The lowest BCUT2D eigenvalue weighted by molar-refractivity contribution is 0.371. The van der Waals surface area contributed by atoms with Crippen molar-refractivity contribution in [1.82, 2.24) is 19.9 Å². The topological polar surface area (TPSA) is 45.5 Å². The van der Waals surface area contributed by atoms with Crippen LogP contribution >= 0.6 is 0 Å². The third kappa shape index (κ3) is 2.62. The van der Waals surface area contributed by atoms with E-state index in [2.05, 4.69) is 39.4 Å². The van der Waals surface area contributed by atoms with E-state index >= 15 is 0 Å². The second-order valence-corrected chi connectivity index (χ2v) is 6.50. The Morgan fingerprint density at radius 2 is 2.05 bits per heavy atom. The van der Waals surface area contributed by atoms with Crippen molar-refractivity contribution in [3.63, 3.8) is 0 Å². The maximum absolute atomic E-state index is 4.44. The van der Waals surface area contributed by atoms with Crippen LogP contribution in [-0.4, -0.2) is 40.3 Å². The molecule has 2 aliphatic rings. The minimum absolute atomic E-state index is 0.703. The summed E-state index contributed by atoms with van der Waals surface area (Å²) in [6, 6.07) is 5.07. The van der Waals surface area contributed by atoms with E-state index in [-0.39, 0.29) is 0 Å². The molecule has 2 aromatic heterocycles. The quantitative estimate of drug-likeness (QED) is 0.933. The molecular weight excluding hydrogens is 262 g/mol. The molecule has 112 valence electrons. The van der Waals surface area contributed by atoms with Gasteiger partial charge in [-0.1, -0.05) is 0 Å². The van der Waals surface area contributed by atoms with Crippen molar-refractivity contribution in [1.29, 1.82) is 0 Å². The molecule has 1 aliphatic carbocycles. The lowest BCUT2D eigenvalue weighted by Crippen LogP contribution is -2.38. The fourth-order valence-corrected chi connectivity index (χ4v) is 3.40. The Morgan fingerprint density at radius 1 is 1.24 bits per heavy atom. The van der Waals surface area contributed by atoms with Crippen LogP contribution in [-0.2, 0) is 0 Å². The molecule has 21 heavy (non-hydrogen) atoms. The number of nitrogens with zero attached hydrogens (tertiary/aromatic N) is 4. The molecule has 5 nitrogen and oxygen atoms in total. The molecule has 1 N–H and O–H groups in total. The van der Waals surface area contributed by atoms with Crippen LogP contribution in [0.15, 0.2) is 18.5 Å². The lowest BCUT2D eigenvalue weighted by atomic mass is 9.97. The monoisotopic (exact) mass is 285 g/mol. The summed E-state index contributed by atoms with van der Waals surface area (Å²) in [6.45, 7) is 5.63. The van der Waals surface area contributed by atoms with Crippen LogP contribution in [0.1, 0.15) is 31.2 Å². The summed E-state index contributed by atoms with van der Waals surface area (Å²) in [6.07, 6.45) is 6.86. The van der Waals surface area contributed by atoms with Crippen molar-refractivity contribution in [2.45, 2.75) is 38.6 Å². The molecule has 0 aromatic carbocycles. The van der Waals surface area contributed by atoms with Gasteiger partial charge >= 0.3 is 0 Å². The average molecular weight is 285 g/mol. The number of aromatic nitrogens is 3. The number of nitrogens with one attached hydrogen (secondary N) is 1. The Kier molecular flexibility index (Phi) is 3.30. The Morgan fingerprint density at radius 3 is 2.81 bits per heavy atom. The minimum atomic E-state index is 0.703. The molecule has 0 bridgehead atoms. The average Bonchev–Trinajstić information content (AvgIpc) is 3.23. The molecule has 0 radical (unpaired) electrons. The highest BCUT2D eigenvalue weighted by Crippen LogP contribution is 2.33. The fourth-order valence-electron chi connectivity index (χ4n) is 3.40. The molecule has 4 rings (SSSR count). The Hall–Kier alpha value is -1.62. The van der Waals surface area contributed by atoms with E-state index in [4.69, 9.17) is 0 Å². The number of rotatable bonds is 4. The van der Waals surface area contributed by atoms with E-state index in [0.717, 1.165) is 31.2 Å². The van der Waals surface area contributed by atoms with E-state index in [1.54, 1.807) is 6.33 Å². The van der Waals surface area contributed by atoms with Crippen molar-refractivity contribution in [2.75, 3.05) is 24.5 Å². The molecule has 3 heterocycles.